The van der Waals surface area contributed by atoms with Crippen LogP contribution in [0, 0.1) is 5.82 Å². The maximum atomic E-state index is 13.0. The van der Waals surface area contributed by atoms with Gasteiger partial charge < -0.3 is 9.84 Å². The van der Waals surface area contributed by atoms with Gasteiger partial charge in [-0.1, -0.05) is 24.3 Å². The molecule has 0 unspecified atom stereocenters. The monoisotopic (exact) mass is 387 g/mol. The van der Waals surface area contributed by atoms with Gasteiger partial charge in [0.2, 0.25) is 0 Å². The Morgan fingerprint density at radius 1 is 1.11 bits per heavy atom. The fourth-order valence-electron chi connectivity index (χ4n) is 2.37. The van der Waals surface area contributed by atoms with E-state index in [2.05, 4.69) is 0 Å². The smallest absolute Gasteiger partial charge is 0.341 e. The number of imide groups is 1. The average Bonchev–Trinajstić information content (AvgIpc) is 2.90. The lowest BCUT2D eigenvalue weighted by atomic mass is 10.2. The van der Waals surface area contributed by atoms with Crippen molar-refractivity contribution in [2.45, 2.75) is 6.54 Å². The number of carboxylic acids is 1. The summed E-state index contributed by atoms with van der Waals surface area (Å²) in [5.41, 5.74) is 1.32. The molecule has 8 heteroatoms. The SMILES string of the molecule is O=C(O)COc1ccc(C=C2SC(=O)N(Cc3ccc(F)cc3)C2=O)cc1. The van der Waals surface area contributed by atoms with E-state index in [0.717, 1.165) is 16.7 Å². The van der Waals surface area contributed by atoms with E-state index in [1.54, 1.807) is 30.3 Å². The second-order valence-corrected chi connectivity index (χ2v) is 6.64. The van der Waals surface area contributed by atoms with Crippen LogP contribution in [0.25, 0.3) is 6.08 Å². The molecule has 2 aromatic rings. The maximum absolute atomic E-state index is 13.0. The highest BCUT2D eigenvalue weighted by atomic mass is 32.2. The van der Waals surface area contributed by atoms with Gasteiger partial charge in [-0.2, -0.15) is 0 Å². The summed E-state index contributed by atoms with van der Waals surface area (Å²) in [6.45, 7) is -0.369. The van der Waals surface area contributed by atoms with Crippen molar-refractivity contribution >= 4 is 35.0 Å². The molecule has 2 aromatic carbocycles. The highest BCUT2D eigenvalue weighted by Gasteiger charge is 2.34. The third kappa shape index (κ3) is 4.73. The summed E-state index contributed by atoms with van der Waals surface area (Å²) in [7, 11) is 0. The standard InChI is InChI=1S/C19H14FNO5S/c20-14-5-1-13(2-6-14)10-21-18(24)16(27-19(21)25)9-12-3-7-15(8-4-12)26-11-17(22)23/h1-9H,10-11H2,(H,22,23). The molecule has 1 saturated heterocycles. The third-order valence-electron chi connectivity index (χ3n) is 3.67. The zero-order valence-corrected chi connectivity index (χ0v) is 14.7. The number of thioether (sulfide) groups is 1. The summed E-state index contributed by atoms with van der Waals surface area (Å²) in [6.07, 6.45) is 1.58. The average molecular weight is 387 g/mol. The number of hydrogen-bond donors (Lipinski definition) is 1. The number of carbonyl (C=O) groups excluding carboxylic acids is 2. The number of carboxylic acid groups (broad SMARTS) is 1. The fraction of sp³-hybridized carbons (Fsp3) is 0.105. The van der Waals surface area contributed by atoms with E-state index in [1.807, 2.05) is 0 Å². The zero-order chi connectivity index (χ0) is 19.4. The Kier molecular flexibility index (Phi) is 5.56. The molecule has 1 fully saturated rings. The van der Waals surface area contributed by atoms with Crippen molar-refractivity contribution in [1.82, 2.24) is 4.90 Å². The van der Waals surface area contributed by atoms with E-state index in [9.17, 15) is 18.8 Å². The topological polar surface area (TPSA) is 83.9 Å². The molecule has 0 radical (unpaired) electrons. The highest BCUT2D eigenvalue weighted by molar-refractivity contribution is 8.18. The number of halogens is 1. The summed E-state index contributed by atoms with van der Waals surface area (Å²) >= 11 is 0.833. The molecule has 3 rings (SSSR count). The minimum absolute atomic E-state index is 0.0737. The minimum atomic E-state index is -1.08. The predicted octanol–water partition coefficient (Wildman–Crippen LogP) is 3.53. The molecule has 0 bridgehead atoms. The number of aliphatic carboxylic acids is 1. The van der Waals surface area contributed by atoms with Crippen molar-refractivity contribution in [2.75, 3.05) is 6.61 Å². The molecule has 2 amide bonds. The number of nitrogens with zero attached hydrogens (tertiary/aromatic N) is 1. The number of amides is 2. The molecule has 0 aromatic heterocycles. The van der Waals surface area contributed by atoms with Crippen LogP contribution in [-0.2, 0) is 16.1 Å². The van der Waals surface area contributed by atoms with Crippen LogP contribution in [0.5, 0.6) is 5.75 Å². The Labute approximate surface area is 158 Å². The third-order valence-corrected chi connectivity index (χ3v) is 4.58. The molecule has 0 saturated carbocycles. The summed E-state index contributed by atoms with van der Waals surface area (Å²) < 4.78 is 18.0. The second kappa shape index (κ2) is 8.05. The Hall–Kier alpha value is -3.13. The van der Waals surface area contributed by atoms with Crippen molar-refractivity contribution in [2.24, 2.45) is 0 Å². The van der Waals surface area contributed by atoms with Gasteiger partial charge in [0, 0.05) is 0 Å². The summed E-state index contributed by atoms with van der Waals surface area (Å²) in [6, 6.07) is 12.1. The molecular formula is C19H14FNO5S. The molecule has 0 aliphatic carbocycles. The number of hydrogen-bond acceptors (Lipinski definition) is 5. The molecule has 138 valence electrons. The Balaban J connectivity index is 1.70. The van der Waals surface area contributed by atoms with Gasteiger partial charge in [0.25, 0.3) is 11.1 Å². The van der Waals surface area contributed by atoms with Crippen LogP contribution in [0.3, 0.4) is 0 Å². The van der Waals surface area contributed by atoms with Gasteiger partial charge in [0.15, 0.2) is 6.61 Å². The number of rotatable bonds is 6. The van der Waals surface area contributed by atoms with Crippen LogP contribution in [-0.4, -0.2) is 33.7 Å². The first-order valence-corrected chi connectivity index (χ1v) is 8.68. The number of ether oxygens (including phenoxy) is 1. The lowest BCUT2D eigenvalue weighted by Gasteiger charge is -2.12. The van der Waals surface area contributed by atoms with Crippen molar-refractivity contribution in [3.05, 3.63) is 70.4 Å². The molecule has 1 aliphatic rings. The van der Waals surface area contributed by atoms with Crippen LogP contribution in [0.15, 0.2) is 53.4 Å². The lowest BCUT2D eigenvalue weighted by molar-refractivity contribution is -0.139. The Morgan fingerprint density at radius 2 is 1.78 bits per heavy atom. The largest absolute Gasteiger partial charge is 0.482 e. The number of benzene rings is 2. The van der Waals surface area contributed by atoms with E-state index in [1.165, 1.54) is 24.3 Å². The summed E-state index contributed by atoms with van der Waals surface area (Å²) in [4.78, 5) is 36.5. The van der Waals surface area contributed by atoms with Crippen molar-refractivity contribution in [3.8, 4) is 5.75 Å². The molecule has 1 heterocycles. The van der Waals surface area contributed by atoms with E-state index in [0.29, 0.717) is 16.9 Å². The Morgan fingerprint density at radius 3 is 2.41 bits per heavy atom. The van der Waals surface area contributed by atoms with Gasteiger partial charge in [-0.15, -0.1) is 0 Å². The molecule has 1 aliphatic heterocycles. The first-order chi connectivity index (χ1) is 12.9. The second-order valence-electron chi connectivity index (χ2n) is 5.65. The van der Waals surface area contributed by atoms with Gasteiger partial charge >= 0.3 is 5.97 Å². The van der Waals surface area contributed by atoms with E-state index >= 15 is 0 Å². The van der Waals surface area contributed by atoms with Gasteiger partial charge in [-0.25, -0.2) is 9.18 Å². The summed E-state index contributed by atoms with van der Waals surface area (Å²) in [5.74, 6) is -1.49. The Bertz CT molecular complexity index is 909. The van der Waals surface area contributed by atoms with Crippen LogP contribution < -0.4 is 4.74 Å². The van der Waals surface area contributed by atoms with Crippen LogP contribution >= 0.6 is 11.8 Å². The predicted molar refractivity (Wildman–Crippen MR) is 97.5 cm³/mol. The summed E-state index contributed by atoms with van der Waals surface area (Å²) in [5, 5.41) is 8.20. The van der Waals surface area contributed by atoms with Crippen molar-refractivity contribution in [3.63, 3.8) is 0 Å². The minimum Gasteiger partial charge on any atom is -0.482 e. The molecule has 1 N–H and O–H groups in total. The van der Waals surface area contributed by atoms with E-state index in [4.69, 9.17) is 9.84 Å². The van der Waals surface area contributed by atoms with Gasteiger partial charge in [0.1, 0.15) is 11.6 Å². The molecule has 6 nitrogen and oxygen atoms in total. The van der Waals surface area contributed by atoms with Gasteiger partial charge in [0.05, 0.1) is 11.4 Å². The molecule has 0 spiro atoms. The van der Waals surface area contributed by atoms with E-state index in [-0.39, 0.29) is 17.3 Å². The first kappa shape index (κ1) is 18.7. The zero-order valence-electron chi connectivity index (χ0n) is 13.9. The van der Waals surface area contributed by atoms with Gasteiger partial charge in [-0.3, -0.25) is 14.5 Å². The van der Waals surface area contributed by atoms with E-state index < -0.39 is 23.7 Å². The number of carbonyl (C=O) groups is 3. The lowest BCUT2D eigenvalue weighted by Crippen LogP contribution is -2.27. The maximum Gasteiger partial charge on any atom is 0.341 e. The normalized spacial score (nSPS) is 15.4. The highest BCUT2D eigenvalue weighted by Crippen LogP contribution is 2.33. The molecular weight excluding hydrogens is 373 g/mol. The fourth-order valence-corrected chi connectivity index (χ4v) is 3.20. The quantitative estimate of drug-likeness (QED) is 0.764. The molecule has 27 heavy (non-hydrogen) atoms. The molecule has 0 atom stereocenters. The van der Waals surface area contributed by atoms with Gasteiger partial charge in [-0.05, 0) is 53.2 Å². The van der Waals surface area contributed by atoms with Crippen LogP contribution in [0.1, 0.15) is 11.1 Å². The van der Waals surface area contributed by atoms with Crippen LogP contribution in [0.4, 0.5) is 9.18 Å². The van der Waals surface area contributed by atoms with Crippen molar-refractivity contribution < 1.29 is 28.6 Å². The van der Waals surface area contributed by atoms with Crippen LogP contribution in [0.2, 0.25) is 0 Å². The van der Waals surface area contributed by atoms with Crippen molar-refractivity contribution in [1.29, 1.82) is 0 Å². The first-order valence-electron chi connectivity index (χ1n) is 7.87.